The fourth-order valence-electron chi connectivity index (χ4n) is 3.97. The quantitative estimate of drug-likeness (QED) is 0.906. The highest BCUT2D eigenvalue weighted by atomic mass is 35.5. The average Bonchev–Trinajstić information content (AvgIpc) is 2.85. The Labute approximate surface area is 144 Å². The third-order valence-corrected chi connectivity index (χ3v) is 5.36. The van der Waals surface area contributed by atoms with Crippen molar-refractivity contribution in [1.29, 1.82) is 0 Å². The maximum Gasteiger partial charge on any atom is 0.223 e. The van der Waals surface area contributed by atoms with E-state index in [1.54, 1.807) is 24.1 Å². The van der Waals surface area contributed by atoms with E-state index < -0.39 is 0 Å². The van der Waals surface area contributed by atoms with Gasteiger partial charge in [-0.3, -0.25) is 4.79 Å². The molecule has 1 amide bonds. The first-order valence-corrected chi connectivity index (χ1v) is 8.30. The van der Waals surface area contributed by atoms with Gasteiger partial charge >= 0.3 is 0 Å². The molecule has 1 aromatic rings. The summed E-state index contributed by atoms with van der Waals surface area (Å²) in [5, 5.41) is 3.60. The van der Waals surface area contributed by atoms with Gasteiger partial charge in [-0.25, -0.2) is 4.39 Å². The van der Waals surface area contributed by atoms with E-state index in [-0.39, 0.29) is 30.2 Å². The van der Waals surface area contributed by atoms with Crippen LogP contribution in [0.2, 0.25) is 0 Å². The van der Waals surface area contributed by atoms with E-state index in [2.05, 4.69) is 5.32 Å². The molecule has 0 aromatic heterocycles. The summed E-state index contributed by atoms with van der Waals surface area (Å²) in [6.45, 7) is 1.89. The van der Waals surface area contributed by atoms with Gasteiger partial charge in [-0.05, 0) is 44.6 Å². The van der Waals surface area contributed by atoms with Gasteiger partial charge in [0.2, 0.25) is 5.91 Å². The lowest BCUT2D eigenvalue weighted by atomic mass is 9.89. The molecule has 3 unspecified atom stereocenters. The Morgan fingerprint density at radius 2 is 1.91 bits per heavy atom. The molecule has 23 heavy (non-hydrogen) atoms. The number of carbonyl (C=O) groups excluding carboxylic acids is 1. The summed E-state index contributed by atoms with van der Waals surface area (Å²) in [6, 6.07) is 7.68. The summed E-state index contributed by atoms with van der Waals surface area (Å²) >= 11 is 0. The second kappa shape index (κ2) is 7.63. The van der Waals surface area contributed by atoms with E-state index in [1.165, 1.54) is 18.9 Å². The van der Waals surface area contributed by atoms with Crippen molar-refractivity contribution in [2.24, 2.45) is 5.92 Å². The zero-order chi connectivity index (χ0) is 15.7. The van der Waals surface area contributed by atoms with Crippen LogP contribution in [0.15, 0.2) is 24.3 Å². The van der Waals surface area contributed by atoms with Gasteiger partial charge in [-0.2, -0.15) is 0 Å². The third-order valence-electron chi connectivity index (χ3n) is 5.36. The number of nitrogens with one attached hydrogen (secondary N) is 1. The molecule has 3 nitrogen and oxygen atoms in total. The van der Waals surface area contributed by atoms with Gasteiger partial charge in [0.15, 0.2) is 0 Å². The first-order chi connectivity index (χ1) is 10.5. The van der Waals surface area contributed by atoms with Crippen LogP contribution in [0, 0.1) is 11.7 Å². The second-order valence-corrected chi connectivity index (χ2v) is 6.88. The van der Waals surface area contributed by atoms with Crippen molar-refractivity contribution in [3.05, 3.63) is 35.6 Å². The molecular formula is C18H26ClFN2O. The third kappa shape index (κ3) is 4.04. The Morgan fingerprint density at radius 3 is 2.52 bits per heavy atom. The first-order valence-electron chi connectivity index (χ1n) is 8.30. The van der Waals surface area contributed by atoms with Crippen LogP contribution in [0.1, 0.15) is 50.6 Å². The smallest absolute Gasteiger partial charge is 0.223 e. The highest BCUT2D eigenvalue weighted by Crippen LogP contribution is 2.33. The van der Waals surface area contributed by atoms with E-state index in [4.69, 9.17) is 0 Å². The van der Waals surface area contributed by atoms with E-state index in [0.29, 0.717) is 30.0 Å². The molecule has 2 heterocycles. The van der Waals surface area contributed by atoms with E-state index in [0.717, 1.165) is 12.8 Å². The molecule has 2 aliphatic heterocycles. The van der Waals surface area contributed by atoms with Crippen molar-refractivity contribution < 1.29 is 9.18 Å². The number of nitrogens with zero attached hydrogens (tertiary/aromatic N) is 1. The van der Waals surface area contributed by atoms with Crippen LogP contribution in [-0.4, -0.2) is 29.9 Å². The monoisotopic (exact) mass is 340 g/mol. The molecule has 2 fully saturated rings. The van der Waals surface area contributed by atoms with Crippen molar-refractivity contribution >= 4 is 18.3 Å². The van der Waals surface area contributed by atoms with Crippen LogP contribution in [0.3, 0.4) is 0 Å². The predicted molar refractivity (Wildman–Crippen MR) is 92.1 cm³/mol. The molecule has 0 spiro atoms. The maximum atomic E-state index is 13.9. The first kappa shape index (κ1) is 18.2. The van der Waals surface area contributed by atoms with Gasteiger partial charge in [-0.1, -0.05) is 18.2 Å². The highest BCUT2D eigenvalue weighted by molar-refractivity contribution is 5.85. The second-order valence-electron chi connectivity index (χ2n) is 6.88. The van der Waals surface area contributed by atoms with Crippen LogP contribution in [0.5, 0.6) is 0 Å². The normalized spacial score (nSPS) is 27.2. The Hall–Kier alpha value is -1.13. The van der Waals surface area contributed by atoms with Crippen molar-refractivity contribution in [2.75, 3.05) is 7.05 Å². The van der Waals surface area contributed by atoms with Gasteiger partial charge < -0.3 is 10.2 Å². The molecule has 0 radical (unpaired) electrons. The van der Waals surface area contributed by atoms with Gasteiger partial charge in [0, 0.05) is 31.1 Å². The Bertz CT molecular complexity index is 542. The lowest BCUT2D eigenvalue weighted by molar-refractivity contribution is -0.133. The molecule has 3 atom stereocenters. The molecule has 1 N–H and O–H groups in total. The minimum absolute atomic E-state index is 0. The summed E-state index contributed by atoms with van der Waals surface area (Å²) in [4.78, 5) is 14.3. The van der Waals surface area contributed by atoms with Crippen molar-refractivity contribution in [1.82, 2.24) is 10.2 Å². The number of hydrogen-bond donors (Lipinski definition) is 1. The maximum absolute atomic E-state index is 13.9. The van der Waals surface area contributed by atoms with Crippen molar-refractivity contribution in [3.8, 4) is 0 Å². The Balaban J connectivity index is 0.00000192. The number of hydrogen-bond acceptors (Lipinski definition) is 2. The summed E-state index contributed by atoms with van der Waals surface area (Å²) in [5.74, 6) is 0.359. The highest BCUT2D eigenvalue weighted by Gasteiger charge is 2.35. The Morgan fingerprint density at radius 1 is 1.30 bits per heavy atom. The summed E-state index contributed by atoms with van der Waals surface area (Å²) in [7, 11) is 1.79. The molecule has 1 aromatic carbocycles. The van der Waals surface area contributed by atoms with E-state index in [1.807, 2.05) is 13.0 Å². The lowest BCUT2D eigenvalue weighted by Crippen LogP contribution is -2.40. The van der Waals surface area contributed by atoms with Gasteiger partial charge in [0.05, 0.1) is 6.04 Å². The van der Waals surface area contributed by atoms with Gasteiger partial charge in [-0.15, -0.1) is 12.4 Å². The zero-order valence-corrected chi connectivity index (χ0v) is 14.6. The van der Waals surface area contributed by atoms with E-state index >= 15 is 0 Å². The number of fused-ring (bicyclic) bond motifs is 2. The minimum Gasteiger partial charge on any atom is -0.339 e. The van der Waals surface area contributed by atoms with Gasteiger partial charge in [0.1, 0.15) is 5.82 Å². The molecule has 0 saturated carbocycles. The van der Waals surface area contributed by atoms with Gasteiger partial charge in [0.25, 0.3) is 0 Å². The fourth-order valence-corrected chi connectivity index (χ4v) is 3.97. The van der Waals surface area contributed by atoms with Crippen LogP contribution in [0.4, 0.5) is 4.39 Å². The summed E-state index contributed by atoms with van der Waals surface area (Å²) < 4.78 is 13.9. The zero-order valence-electron chi connectivity index (χ0n) is 13.8. The van der Waals surface area contributed by atoms with Crippen LogP contribution >= 0.6 is 12.4 Å². The molecule has 2 bridgehead atoms. The molecule has 2 saturated heterocycles. The molecule has 0 aliphatic carbocycles. The van der Waals surface area contributed by atoms with Crippen LogP contribution < -0.4 is 5.32 Å². The lowest BCUT2D eigenvalue weighted by Gasteiger charge is -2.31. The molecule has 2 aliphatic rings. The molecule has 3 rings (SSSR count). The number of carbonyl (C=O) groups is 1. The topological polar surface area (TPSA) is 32.3 Å². The minimum atomic E-state index is -0.241. The number of benzene rings is 1. The summed E-state index contributed by atoms with van der Waals surface area (Å²) in [5.41, 5.74) is 0.587. The number of rotatable bonds is 4. The van der Waals surface area contributed by atoms with Crippen molar-refractivity contribution in [3.63, 3.8) is 0 Å². The number of halogens is 2. The SMILES string of the molecule is CC(c1ccccc1F)N(C)C(=O)CC1CC2CCC(C1)N2.Cl. The van der Waals surface area contributed by atoms with Crippen LogP contribution in [0.25, 0.3) is 0 Å². The van der Waals surface area contributed by atoms with Crippen molar-refractivity contribution in [2.45, 2.75) is 57.2 Å². The fraction of sp³-hybridized carbons (Fsp3) is 0.611. The standard InChI is InChI=1S/C18H25FN2O.ClH/c1-12(16-5-3-4-6-17(16)19)21(2)18(22)11-13-9-14-7-8-15(10-13)20-14;/h3-6,12-15,20H,7-11H2,1-2H3;1H. The molecule has 128 valence electrons. The number of amides is 1. The molecule has 5 heteroatoms. The van der Waals surface area contributed by atoms with Crippen LogP contribution in [-0.2, 0) is 4.79 Å². The molecular weight excluding hydrogens is 315 g/mol. The largest absolute Gasteiger partial charge is 0.339 e. The Kier molecular flexibility index (Phi) is 6.04. The average molecular weight is 341 g/mol. The van der Waals surface area contributed by atoms with E-state index in [9.17, 15) is 9.18 Å². The summed E-state index contributed by atoms with van der Waals surface area (Å²) in [6.07, 6.45) is 5.28. The number of piperidine rings is 1. The predicted octanol–water partition coefficient (Wildman–Crippen LogP) is 3.69.